The van der Waals surface area contributed by atoms with E-state index >= 15 is 0 Å². The van der Waals surface area contributed by atoms with E-state index in [0.717, 1.165) is 6.42 Å². The number of allylic oxidation sites excluding steroid dienone is 1. The van der Waals surface area contributed by atoms with E-state index in [1.807, 2.05) is 6.07 Å². The maximum absolute atomic E-state index is 13.3. The van der Waals surface area contributed by atoms with Gasteiger partial charge < -0.3 is 4.74 Å². The predicted octanol–water partition coefficient (Wildman–Crippen LogP) is 4.12. The van der Waals surface area contributed by atoms with Crippen molar-refractivity contribution >= 4 is 0 Å². The number of benzene rings is 1. The van der Waals surface area contributed by atoms with Crippen LogP contribution in [0.25, 0.3) is 0 Å². The molecule has 0 heterocycles. The van der Waals surface area contributed by atoms with Gasteiger partial charge in [0.25, 0.3) is 0 Å². The standard InChI is InChI=1S/C15H19FO/c1-11-3-6-13(7-4-11)10-17-14-8-5-12(2)15(16)9-14/h3,5-6,8-9,11,13H,4,7,10H2,1-2H3. The fourth-order valence-electron chi connectivity index (χ4n) is 2.02. The van der Waals surface area contributed by atoms with Gasteiger partial charge in [-0.15, -0.1) is 0 Å². The molecule has 17 heavy (non-hydrogen) atoms. The second kappa shape index (κ2) is 5.35. The third kappa shape index (κ3) is 3.32. The SMILES string of the molecule is Cc1ccc(OCC2C=CC(C)CC2)cc1F. The van der Waals surface area contributed by atoms with Crippen molar-refractivity contribution in [3.8, 4) is 5.75 Å². The molecule has 1 aromatic rings. The predicted molar refractivity (Wildman–Crippen MR) is 67.7 cm³/mol. The van der Waals surface area contributed by atoms with E-state index in [4.69, 9.17) is 4.74 Å². The highest BCUT2D eigenvalue weighted by atomic mass is 19.1. The van der Waals surface area contributed by atoms with Gasteiger partial charge in [-0.05, 0) is 37.3 Å². The summed E-state index contributed by atoms with van der Waals surface area (Å²) in [4.78, 5) is 0. The Bertz CT molecular complexity index is 411. The molecular formula is C15H19FO. The van der Waals surface area contributed by atoms with Crippen LogP contribution in [0, 0.1) is 24.6 Å². The summed E-state index contributed by atoms with van der Waals surface area (Å²) in [5, 5.41) is 0. The highest BCUT2D eigenvalue weighted by Gasteiger charge is 2.13. The van der Waals surface area contributed by atoms with Crippen LogP contribution < -0.4 is 4.74 Å². The summed E-state index contributed by atoms with van der Waals surface area (Å²) >= 11 is 0. The first kappa shape index (κ1) is 12.2. The molecule has 0 aliphatic heterocycles. The first-order valence-electron chi connectivity index (χ1n) is 6.22. The molecule has 0 amide bonds. The van der Waals surface area contributed by atoms with Gasteiger partial charge in [0.2, 0.25) is 0 Å². The molecule has 0 radical (unpaired) electrons. The van der Waals surface area contributed by atoms with Gasteiger partial charge in [0.05, 0.1) is 6.61 Å². The lowest BCUT2D eigenvalue weighted by Gasteiger charge is -2.20. The molecule has 0 saturated heterocycles. The number of hydrogen-bond acceptors (Lipinski definition) is 1. The lowest BCUT2D eigenvalue weighted by atomic mass is 9.90. The zero-order valence-electron chi connectivity index (χ0n) is 10.4. The van der Waals surface area contributed by atoms with Crippen LogP contribution in [0.3, 0.4) is 0 Å². The largest absolute Gasteiger partial charge is 0.493 e. The average Bonchev–Trinajstić information content (AvgIpc) is 2.33. The van der Waals surface area contributed by atoms with Crippen LogP contribution in [0.2, 0.25) is 0 Å². The molecule has 1 aliphatic rings. The second-order valence-corrected chi connectivity index (χ2v) is 4.92. The number of hydrogen-bond donors (Lipinski definition) is 0. The van der Waals surface area contributed by atoms with Crippen LogP contribution in [-0.2, 0) is 0 Å². The Kier molecular flexibility index (Phi) is 3.82. The maximum Gasteiger partial charge on any atom is 0.129 e. The van der Waals surface area contributed by atoms with Crippen molar-refractivity contribution in [2.75, 3.05) is 6.61 Å². The smallest absolute Gasteiger partial charge is 0.129 e. The Hall–Kier alpha value is -1.31. The second-order valence-electron chi connectivity index (χ2n) is 4.92. The topological polar surface area (TPSA) is 9.23 Å². The van der Waals surface area contributed by atoms with Gasteiger partial charge in [0.1, 0.15) is 11.6 Å². The van der Waals surface area contributed by atoms with Gasteiger partial charge in [0.15, 0.2) is 0 Å². The first-order valence-corrected chi connectivity index (χ1v) is 6.22. The van der Waals surface area contributed by atoms with Crippen molar-refractivity contribution in [3.05, 3.63) is 41.7 Å². The highest BCUT2D eigenvalue weighted by Crippen LogP contribution is 2.23. The highest BCUT2D eigenvalue weighted by molar-refractivity contribution is 5.28. The van der Waals surface area contributed by atoms with E-state index in [1.165, 1.54) is 12.5 Å². The van der Waals surface area contributed by atoms with Crippen molar-refractivity contribution in [1.29, 1.82) is 0 Å². The normalized spacial score (nSPS) is 23.7. The molecule has 0 bridgehead atoms. The van der Waals surface area contributed by atoms with Crippen LogP contribution in [0.1, 0.15) is 25.3 Å². The number of aryl methyl sites for hydroxylation is 1. The summed E-state index contributed by atoms with van der Waals surface area (Å²) in [6.07, 6.45) is 6.84. The molecule has 1 nitrogen and oxygen atoms in total. The monoisotopic (exact) mass is 234 g/mol. The van der Waals surface area contributed by atoms with Crippen LogP contribution in [-0.4, -0.2) is 6.61 Å². The summed E-state index contributed by atoms with van der Waals surface area (Å²) in [5.41, 5.74) is 0.656. The fraction of sp³-hybridized carbons (Fsp3) is 0.467. The van der Waals surface area contributed by atoms with Crippen LogP contribution in [0.4, 0.5) is 4.39 Å². The van der Waals surface area contributed by atoms with Crippen molar-refractivity contribution in [2.24, 2.45) is 11.8 Å². The molecule has 0 spiro atoms. The summed E-state index contributed by atoms with van der Waals surface area (Å²) in [6.45, 7) is 4.62. The molecule has 92 valence electrons. The van der Waals surface area contributed by atoms with Gasteiger partial charge in [0, 0.05) is 12.0 Å². The van der Waals surface area contributed by atoms with E-state index in [0.29, 0.717) is 29.8 Å². The van der Waals surface area contributed by atoms with Crippen LogP contribution >= 0.6 is 0 Å². The van der Waals surface area contributed by atoms with Crippen molar-refractivity contribution in [3.63, 3.8) is 0 Å². The van der Waals surface area contributed by atoms with Crippen LogP contribution in [0.5, 0.6) is 5.75 Å². The zero-order valence-corrected chi connectivity index (χ0v) is 10.4. The third-order valence-corrected chi connectivity index (χ3v) is 3.31. The molecular weight excluding hydrogens is 215 g/mol. The fourth-order valence-corrected chi connectivity index (χ4v) is 2.02. The molecule has 0 saturated carbocycles. The minimum atomic E-state index is -0.199. The molecule has 0 N–H and O–H groups in total. The van der Waals surface area contributed by atoms with Crippen LogP contribution in [0.15, 0.2) is 30.4 Å². The Morgan fingerprint density at radius 1 is 1.29 bits per heavy atom. The Labute approximate surface area is 102 Å². The minimum Gasteiger partial charge on any atom is -0.493 e. The van der Waals surface area contributed by atoms with E-state index in [1.54, 1.807) is 13.0 Å². The minimum absolute atomic E-state index is 0.199. The van der Waals surface area contributed by atoms with E-state index < -0.39 is 0 Å². The molecule has 0 fully saturated rings. The van der Waals surface area contributed by atoms with Crippen molar-refractivity contribution < 1.29 is 9.13 Å². The number of halogens is 1. The maximum atomic E-state index is 13.3. The molecule has 1 aliphatic carbocycles. The summed E-state index contributed by atoms with van der Waals surface area (Å²) in [6, 6.07) is 5.04. The first-order chi connectivity index (χ1) is 8.15. The Balaban J connectivity index is 1.89. The van der Waals surface area contributed by atoms with E-state index in [-0.39, 0.29) is 5.82 Å². The average molecular weight is 234 g/mol. The van der Waals surface area contributed by atoms with E-state index in [2.05, 4.69) is 19.1 Å². The van der Waals surface area contributed by atoms with Gasteiger partial charge in [-0.25, -0.2) is 4.39 Å². The van der Waals surface area contributed by atoms with Gasteiger partial charge >= 0.3 is 0 Å². The molecule has 2 heteroatoms. The third-order valence-electron chi connectivity index (χ3n) is 3.31. The Morgan fingerprint density at radius 3 is 2.76 bits per heavy atom. The number of rotatable bonds is 3. The Morgan fingerprint density at radius 2 is 2.12 bits per heavy atom. The molecule has 2 unspecified atom stereocenters. The molecule has 2 rings (SSSR count). The molecule has 0 aromatic heterocycles. The summed E-state index contributed by atoms with van der Waals surface area (Å²) in [7, 11) is 0. The van der Waals surface area contributed by atoms with Gasteiger partial charge in [-0.1, -0.05) is 25.1 Å². The molecule has 1 aromatic carbocycles. The quantitative estimate of drug-likeness (QED) is 0.715. The van der Waals surface area contributed by atoms with Gasteiger partial charge in [-0.2, -0.15) is 0 Å². The lowest BCUT2D eigenvalue weighted by molar-refractivity contribution is 0.256. The van der Waals surface area contributed by atoms with Crippen molar-refractivity contribution in [1.82, 2.24) is 0 Å². The van der Waals surface area contributed by atoms with Crippen molar-refractivity contribution in [2.45, 2.75) is 26.7 Å². The van der Waals surface area contributed by atoms with E-state index in [9.17, 15) is 4.39 Å². The summed E-state index contributed by atoms with van der Waals surface area (Å²) in [5.74, 6) is 1.58. The van der Waals surface area contributed by atoms with Gasteiger partial charge in [-0.3, -0.25) is 0 Å². The lowest BCUT2D eigenvalue weighted by Crippen LogP contribution is -2.14. The zero-order chi connectivity index (χ0) is 12.3. The molecule has 2 atom stereocenters. The summed E-state index contributed by atoms with van der Waals surface area (Å²) < 4.78 is 18.9. The number of ether oxygens (including phenoxy) is 1.